The first-order valence-corrected chi connectivity index (χ1v) is 9.12. The molecule has 1 aromatic heterocycles. The number of aromatic nitrogens is 2. The monoisotopic (exact) mass is 373 g/mol. The fourth-order valence-corrected chi connectivity index (χ4v) is 3.90. The van der Waals surface area contributed by atoms with Gasteiger partial charge >= 0.3 is 6.03 Å². The number of benzene rings is 2. The van der Waals surface area contributed by atoms with Crippen molar-refractivity contribution in [3.8, 4) is 5.75 Å². The summed E-state index contributed by atoms with van der Waals surface area (Å²) < 4.78 is 7.38. The van der Waals surface area contributed by atoms with E-state index < -0.39 is 0 Å². The molecule has 7 heteroatoms. The Morgan fingerprint density at radius 3 is 2.89 bits per heavy atom. The van der Waals surface area contributed by atoms with E-state index in [1.807, 2.05) is 48.8 Å². The maximum absolute atomic E-state index is 12.4. The second-order valence-corrected chi connectivity index (χ2v) is 6.86. The number of methoxy groups -OCH3 is 1. The zero-order valence-corrected chi connectivity index (χ0v) is 15.3. The highest BCUT2D eigenvalue weighted by Gasteiger charge is 2.33. The van der Waals surface area contributed by atoms with E-state index in [2.05, 4.69) is 20.2 Å². The molecular formula is C21H19N5O2. The lowest BCUT2D eigenvalue weighted by molar-refractivity contribution is 0.262. The van der Waals surface area contributed by atoms with Gasteiger partial charge in [-0.1, -0.05) is 12.1 Å². The molecule has 2 heterocycles. The van der Waals surface area contributed by atoms with Crippen LogP contribution in [0.15, 0.2) is 59.9 Å². The number of aliphatic imine (C=N–C) groups is 1. The van der Waals surface area contributed by atoms with Gasteiger partial charge in [0, 0.05) is 35.4 Å². The van der Waals surface area contributed by atoms with Crippen molar-refractivity contribution in [1.82, 2.24) is 9.55 Å². The number of hydrogen-bond donors (Lipinski definition) is 2. The van der Waals surface area contributed by atoms with Crippen LogP contribution in [-0.4, -0.2) is 28.4 Å². The van der Waals surface area contributed by atoms with E-state index in [1.165, 1.54) is 5.56 Å². The molecule has 2 aromatic carbocycles. The predicted octanol–water partition coefficient (Wildman–Crippen LogP) is 3.64. The minimum Gasteiger partial charge on any atom is -0.497 e. The number of carbonyl (C=O) groups excluding carboxylic acids is 1. The predicted molar refractivity (Wildman–Crippen MR) is 107 cm³/mol. The Kier molecular flexibility index (Phi) is 3.86. The van der Waals surface area contributed by atoms with Crippen LogP contribution in [0.1, 0.15) is 23.0 Å². The standard InChI is InChI=1S/C21H19N5O2/c1-28-16-4-2-3-14(11-16)24-21(27)25-15-5-6-17-13(9-15)10-18-20(17)23-12-19-22-7-8-26(18)19/h2-9,11,18H,10,12H2,1H3,(H2,24,25,27). The van der Waals surface area contributed by atoms with Gasteiger partial charge in [-0.15, -0.1) is 0 Å². The third-order valence-corrected chi connectivity index (χ3v) is 5.17. The number of anilines is 2. The molecule has 0 radical (unpaired) electrons. The molecule has 2 amide bonds. The number of nitrogens with zero attached hydrogens (tertiary/aromatic N) is 3. The first kappa shape index (κ1) is 16.6. The molecule has 140 valence electrons. The molecule has 1 unspecified atom stereocenters. The number of imidazole rings is 1. The highest BCUT2D eigenvalue weighted by atomic mass is 16.5. The van der Waals surface area contributed by atoms with E-state index in [0.717, 1.165) is 29.2 Å². The molecule has 1 aliphatic carbocycles. The molecule has 0 saturated carbocycles. The van der Waals surface area contributed by atoms with Crippen molar-refractivity contribution >= 4 is 23.1 Å². The highest BCUT2D eigenvalue weighted by molar-refractivity contribution is 6.08. The number of urea groups is 1. The Hall–Kier alpha value is -3.61. The van der Waals surface area contributed by atoms with E-state index in [9.17, 15) is 4.79 Å². The molecular weight excluding hydrogens is 354 g/mol. The summed E-state index contributed by atoms with van der Waals surface area (Å²) in [6.45, 7) is 0.612. The normalized spacial score (nSPS) is 16.5. The van der Waals surface area contributed by atoms with E-state index in [1.54, 1.807) is 13.2 Å². The van der Waals surface area contributed by atoms with Crippen LogP contribution < -0.4 is 15.4 Å². The molecule has 0 fully saturated rings. The summed E-state index contributed by atoms with van der Waals surface area (Å²) in [7, 11) is 1.60. The van der Waals surface area contributed by atoms with Gasteiger partial charge in [0.1, 0.15) is 11.6 Å². The van der Waals surface area contributed by atoms with Gasteiger partial charge in [0.05, 0.1) is 25.4 Å². The van der Waals surface area contributed by atoms with Crippen LogP contribution in [0.25, 0.3) is 0 Å². The smallest absolute Gasteiger partial charge is 0.323 e. The fourth-order valence-electron chi connectivity index (χ4n) is 3.90. The van der Waals surface area contributed by atoms with Crippen molar-refractivity contribution in [3.05, 3.63) is 71.8 Å². The van der Waals surface area contributed by atoms with Crippen LogP contribution in [0, 0.1) is 0 Å². The van der Waals surface area contributed by atoms with Gasteiger partial charge in [0.15, 0.2) is 0 Å². The van der Waals surface area contributed by atoms with E-state index in [0.29, 0.717) is 18.0 Å². The minimum absolute atomic E-state index is 0.196. The lowest BCUT2D eigenvalue weighted by Gasteiger charge is -2.20. The Labute approximate surface area is 162 Å². The van der Waals surface area contributed by atoms with Gasteiger partial charge in [-0.05, 0) is 36.2 Å². The fraction of sp³-hybridized carbons (Fsp3) is 0.190. The quantitative estimate of drug-likeness (QED) is 0.736. The molecule has 0 spiro atoms. The first-order chi connectivity index (χ1) is 13.7. The van der Waals surface area contributed by atoms with Gasteiger partial charge in [0.2, 0.25) is 0 Å². The molecule has 0 bridgehead atoms. The molecule has 1 aliphatic heterocycles. The van der Waals surface area contributed by atoms with E-state index in [-0.39, 0.29) is 12.1 Å². The molecule has 2 aliphatic rings. The minimum atomic E-state index is -0.294. The lowest BCUT2D eigenvalue weighted by atomic mass is 10.1. The van der Waals surface area contributed by atoms with Crippen LogP contribution in [0.3, 0.4) is 0 Å². The summed E-state index contributed by atoms with van der Waals surface area (Å²) in [5.41, 5.74) is 4.87. The second-order valence-electron chi connectivity index (χ2n) is 6.86. The van der Waals surface area contributed by atoms with Gasteiger partial charge in [-0.2, -0.15) is 0 Å². The van der Waals surface area contributed by atoms with Crippen molar-refractivity contribution in [2.24, 2.45) is 4.99 Å². The topological polar surface area (TPSA) is 80.5 Å². The number of ether oxygens (including phenoxy) is 1. The van der Waals surface area contributed by atoms with Gasteiger partial charge < -0.3 is 19.9 Å². The number of nitrogens with one attached hydrogen (secondary N) is 2. The molecule has 7 nitrogen and oxygen atoms in total. The number of fused-ring (bicyclic) bond motifs is 5. The van der Waals surface area contributed by atoms with Crippen molar-refractivity contribution < 1.29 is 9.53 Å². The lowest BCUT2D eigenvalue weighted by Crippen LogP contribution is -2.22. The highest BCUT2D eigenvalue weighted by Crippen LogP contribution is 2.35. The SMILES string of the molecule is COc1cccc(NC(=O)Nc2ccc3c(c2)CC2C3=NCc3nccn32)c1. The molecule has 0 saturated heterocycles. The van der Waals surface area contributed by atoms with Gasteiger partial charge in [-0.3, -0.25) is 4.99 Å². The summed E-state index contributed by atoms with van der Waals surface area (Å²) in [6.07, 6.45) is 4.69. The molecule has 3 aromatic rings. The second kappa shape index (κ2) is 6.53. The molecule has 1 atom stereocenters. The third-order valence-electron chi connectivity index (χ3n) is 5.17. The number of hydrogen-bond acceptors (Lipinski definition) is 4. The van der Waals surface area contributed by atoms with Crippen molar-refractivity contribution in [2.75, 3.05) is 17.7 Å². The average Bonchev–Trinajstić information content (AvgIpc) is 3.31. The van der Waals surface area contributed by atoms with E-state index >= 15 is 0 Å². The maximum Gasteiger partial charge on any atom is 0.323 e. The average molecular weight is 373 g/mol. The number of rotatable bonds is 3. The summed E-state index contributed by atoms with van der Waals surface area (Å²) in [6, 6.07) is 13.1. The first-order valence-electron chi connectivity index (χ1n) is 9.12. The summed E-state index contributed by atoms with van der Waals surface area (Å²) in [5.74, 6) is 1.69. The Balaban J connectivity index is 1.33. The number of amides is 2. The van der Waals surface area contributed by atoms with Crippen LogP contribution in [0.2, 0.25) is 0 Å². The molecule has 5 rings (SSSR count). The largest absolute Gasteiger partial charge is 0.497 e. The van der Waals surface area contributed by atoms with Crippen molar-refractivity contribution in [3.63, 3.8) is 0 Å². The van der Waals surface area contributed by atoms with Crippen LogP contribution in [0.5, 0.6) is 5.75 Å². The van der Waals surface area contributed by atoms with Gasteiger partial charge in [-0.25, -0.2) is 9.78 Å². The molecule has 2 N–H and O–H groups in total. The van der Waals surface area contributed by atoms with Crippen LogP contribution in [0.4, 0.5) is 16.2 Å². The number of carbonyl (C=O) groups is 1. The van der Waals surface area contributed by atoms with Crippen LogP contribution in [-0.2, 0) is 13.0 Å². The summed E-state index contributed by atoms with van der Waals surface area (Å²) in [4.78, 5) is 21.5. The van der Waals surface area contributed by atoms with Gasteiger partial charge in [0.25, 0.3) is 0 Å². The van der Waals surface area contributed by atoms with E-state index in [4.69, 9.17) is 9.73 Å². The Morgan fingerprint density at radius 1 is 1.18 bits per heavy atom. The molecule has 28 heavy (non-hydrogen) atoms. The zero-order valence-electron chi connectivity index (χ0n) is 15.3. The third kappa shape index (κ3) is 2.81. The van der Waals surface area contributed by atoms with Crippen molar-refractivity contribution in [1.29, 1.82) is 0 Å². The zero-order chi connectivity index (χ0) is 19.1. The van der Waals surface area contributed by atoms with Crippen LogP contribution >= 0.6 is 0 Å². The maximum atomic E-state index is 12.4. The van der Waals surface area contributed by atoms with Crippen molar-refractivity contribution in [2.45, 2.75) is 19.0 Å². The summed E-state index contributed by atoms with van der Waals surface area (Å²) >= 11 is 0. The summed E-state index contributed by atoms with van der Waals surface area (Å²) in [5, 5.41) is 5.73. The Morgan fingerprint density at radius 2 is 2.04 bits per heavy atom. The Bertz CT molecular complexity index is 1100.